The highest BCUT2D eigenvalue weighted by atomic mass is 32.2. The third kappa shape index (κ3) is 3.39. The number of aromatic carboxylic acids is 1. The van der Waals surface area contributed by atoms with Crippen LogP contribution in [0.3, 0.4) is 0 Å². The summed E-state index contributed by atoms with van der Waals surface area (Å²) in [6.07, 6.45) is 0. The van der Waals surface area contributed by atoms with Crippen LogP contribution in [0.4, 0.5) is 10.7 Å². The van der Waals surface area contributed by atoms with Crippen LogP contribution in [0.1, 0.15) is 21.7 Å². The van der Waals surface area contributed by atoms with E-state index in [2.05, 4.69) is 15.0 Å². The summed E-state index contributed by atoms with van der Waals surface area (Å²) in [6.45, 7) is 2.81. The molecule has 2 rings (SSSR count). The van der Waals surface area contributed by atoms with Crippen LogP contribution in [0.15, 0.2) is 23.1 Å². The largest absolute Gasteiger partial charge is 0.478 e. The number of ether oxygens (including phenoxy) is 1. The molecule has 1 aromatic heterocycles. The summed E-state index contributed by atoms with van der Waals surface area (Å²) in [5.41, 5.74) is 4.82. The van der Waals surface area contributed by atoms with E-state index in [0.29, 0.717) is 0 Å². The van der Waals surface area contributed by atoms with Gasteiger partial charge < -0.3 is 15.6 Å². The monoisotopic (exact) mass is 381 g/mol. The van der Waals surface area contributed by atoms with Gasteiger partial charge in [0.2, 0.25) is 0 Å². The molecule has 0 aliphatic rings. The quantitative estimate of drug-likeness (QED) is 0.748. The molecular weight excluding hydrogens is 366 g/mol. The first-order chi connectivity index (χ1) is 12.1. The number of carboxylic acids is 1. The lowest BCUT2D eigenvalue weighted by molar-refractivity contribution is 0.0692. The van der Waals surface area contributed by atoms with Gasteiger partial charge in [0, 0.05) is 0 Å². The molecular formula is C14H15N5O6S. The number of benzene rings is 1. The maximum Gasteiger partial charge on any atom is 0.337 e. The average molecular weight is 381 g/mol. The Morgan fingerprint density at radius 3 is 2.38 bits per heavy atom. The van der Waals surface area contributed by atoms with Gasteiger partial charge in [-0.2, -0.15) is 15.0 Å². The van der Waals surface area contributed by atoms with Crippen molar-refractivity contribution >= 4 is 28.0 Å². The second-order valence-corrected chi connectivity index (χ2v) is 6.76. The van der Waals surface area contributed by atoms with Crippen LogP contribution in [0.25, 0.3) is 0 Å². The van der Waals surface area contributed by atoms with Gasteiger partial charge >= 0.3 is 18.0 Å². The molecule has 2 aromatic rings. The summed E-state index contributed by atoms with van der Waals surface area (Å²) in [5, 5.41) is 9.31. The first-order valence-electron chi connectivity index (χ1n) is 7.04. The van der Waals surface area contributed by atoms with Gasteiger partial charge in [-0.05, 0) is 25.5 Å². The van der Waals surface area contributed by atoms with Crippen LogP contribution in [0, 0.1) is 13.8 Å². The molecule has 11 nitrogen and oxygen atoms in total. The predicted molar refractivity (Wildman–Crippen MR) is 88.5 cm³/mol. The number of amides is 2. The molecule has 0 aliphatic heterocycles. The third-order valence-corrected chi connectivity index (χ3v) is 5.10. The van der Waals surface area contributed by atoms with E-state index in [1.54, 1.807) is 0 Å². The van der Waals surface area contributed by atoms with E-state index in [0.717, 1.165) is 6.07 Å². The third-order valence-electron chi connectivity index (χ3n) is 3.22. The second kappa shape index (κ2) is 6.92. The average Bonchev–Trinajstić information content (AvgIpc) is 2.53. The first-order valence-corrected chi connectivity index (χ1v) is 8.48. The number of carbonyl (C=O) groups is 2. The number of sulfonamides is 1. The Kier molecular flexibility index (Phi) is 5.07. The molecule has 138 valence electrons. The Balaban J connectivity index is 2.79. The number of urea groups is 1. The van der Waals surface area contributed by atoms with Crippen molar-refractivity contribution in [3.8, 4) is 6.01 Å². The van der Waals surface area contributed by atoms with Crippen molar-refractivity contribution in [2.75, 3.05) is 11.4 Å². The predicted octanol–water partition coefficient (Wildman–Crippen LogP) is 0.469. The van der Waals surface area contributed by atoms with Crippen LogP contribution in [0.2, 0.25) is 0 Å². The maximum atomic E-state index is 13.1. The minimum absolute atomic E-state index is 0.0662. The topological polar surface area (TPSA) is 166 Å². The summed E-state index contributed by atoms with van der Waals surface area (Å²) < 4.78 is 31.1. The van der Waals surface area contributed by atoms with Gasteiger partial charge in [0.1, 0.15) is 10.7 Å². The van der Waals surface area contributed by atoms with Gasteiger partial charge in [0.05, 0.1) is 12.7 Å². The number of nitrogens with two attached hydrogens (primary N) is 1. The number of hydrogen-bond acceptors (Lipinski definition) is 8. The van der Waals surface area contributed by atoms with E-state index in [1.165, 1.54) is 33.1 Å². The minimum Gasteiger partial charge on any atom is -0.478 e. The normalized spacial score (nSPS) is 11.0. The Hall–Kier alpha value is -3.28. The van der Waals surface area contributed by atoms with Crippen molar-refractivity contribution in [3.63, 3.8) is 0 Å². The lowest BCUT2D eigenvalue weighted by atomic mass is 10.1. The number of aryl methyl sites for hydroxylation is 2. The van der Waals surface area contributed by atoms with Crippen LogP contribution in [-0.4, -0.2) is 47.6 Å². The molecule has 12 heteroatoms. The number of nitrogens with zero attached hydrogens (tertiary/aromatic N) is 4. The van der Waals surface area contributed by atoms with Gasteiger partial charge in [-0.15, -0.1) is 4.31 Å². The van der Waals surface area contributed by atoms with Crippen LogP contribution in [-0.2, 0) is 10.0 Å². The van der Waals surface area contributed by atoms with E-state index in [4.69, 9.17) is 10.5 Å². The highest BCUT2D eigenvalue weighted by Crippen LogP contribution is 2.27. The molecule has 0 fully saturated rings. The molecule has 0 atom stereocenters. The summed E-state index contributed by atoms with van der Waals surface area (Å²) >= 11 is 0. The minimum atomic E-state index is -4.73. The van der Waals surface area contributed by atoms with Gasteiger partial charge in [0.15, 0.2) is 0 Å². The number of aromatic nitrogens is 3. The van der Waals surface area contributed by atoms with Crippen LogP contribution in [0.5, 0.6) is 6.01 Å². The molecule has 3 N–H and O–H groups in total. The van der Waals surface area contributed by atoms with E-state index >= 15 is 0 Å². The summed E-state index contributed by atoms with van der Waals surface area (Å²) in [5.74, 6) is -2.03. The van der Waals surface area contributed by atoms with Crippen molar-refractivity contribution in [1.82, 2.24) is 15.0 Å². The second-order valence-electron chi connectivity index (χ2n) is 5.03. The van der Waals surface area contributed by atoms with Crippen LogP contribution >= 0.6 is 0 Å². The van der Waals surface area contributed by atoms with Gasteiger partial charge in [-0.25, -0.2) is 18.0 Å². The van der Waals surface area contributed by atoms with Gasteiger partial charge in [0.25, 0.3) is 16.0 Å². The zero-order chi connectivity index (χ0) is 19.6. The fraction of sp³-hybridized carbons (Fsp3) is 0.214. The number of carboxylic acid groups (broad SMARTS) is 1. The van der Waals surface area contributed by atoms with E-state index in [-0.39, 0.29) is 21.7 Å². The molecule has 2 amide bonds. The Morgan fingerprint density at radius 1 is 1.19 bits per heavy atom. The van der Waals surface area contributed by atoms with Crippen molar-refractivity contribution in [2.45, 2.75) is 18.7 Å². The van der Waals surface area contributed by atoms with Crippen molar-refractivity contribution in [2.24, 2.45) is 5.73 Å². The highest BCUT2D eigenvalue weighted by molar-refractivity contribution is 7.93. The molecule has 0 unspecified atom stereocenters. The highest BCUT2D eigenvalue weighted by Gasteiger charge is 2.36. The molecule has 1 aromatic carbocycles. The molecule has 26 heavy (non-hydrogen) atoms. The van der Waals surface area contributed by atoms with Gasteiger partial charge in [-0.1, -0.05) is 12.1 Å². The molecule has 0 spiro atoms. The Bertz CT molecular complexity index is 991. The van der Waals surface area contributed by atoms with Crippen LogP contribution < -0.4 is 14.8 Å². The lowest BCUT2D eigenvalue weighted by Gasteiger charge is -2.20. The fourth-order valence-electron chi connectivity index (χ4n) is 2.20. The molecule has 1 heterocycles. The summed E-state index contributed by atoms with van der Waals surface area (Å²) in [7, 11) is -3.49. The zero-order valence-corrected chi connectivity index (χ0v) is 14.8. The Morgan fingerprint density at radius 2 is 1.85 bits per heavy atom. The number of rotatable bonds is 5. The van der Waals surface area contributed by atoms with Crippen molar-refractivity contribution < 1.29 is 27.9 Å². The number of methoxy groups -OCH3 is 1. The van der Waals surface area contributed by atoms with Crippen molar-refractivity contribution in [1.29, 1.82) is 0 Å². The maximum absolute atomic E-state index is 13.1. The smallest absolute Gasteiger partial charge is 0.337 e. The molecule has 0 saturated heterocycles. The van der Waals surface area contributed by atoms with E-state index in [1.807, 2.05) is 0 Å². The first kappa shape index (κ1) is 19.1. The molecule has 0 aliphatic carbocycles. The van der Waals surface area contributed by atoms with Gasteiger partial charge in [-0.3, -0.25) is 0 Å². The Labute approximate surface area is 148 Å². The summed E-state index contributed by atoms with van der Waals surface area (Å²) in [4.78, 5) is 34.1. The number of anilines is 1. The van der Waals surface area contributed by atoms with E-state index < -0.39 is 38.4 Å². The lowest BCUT2D eigenvalue weighted by Crippen LogP contribution is -2.43. The summed E-state index contributed by atoms with van der Waals surface area (Å²) in [6, 6.07) is 2.20. The molecule has 0 bridgehead atoms. The van der Waals surface area contributed by atoms with E-state index in [9.17, 15) is 23.1 Å². The molecule has 0 saturated carbocycles. The molecule has 0 radical (unpaired) electrons. The number of hydrogen-bond donors (Lipinski definition) is 2. The van der Waals surface area contributed by atoms with Crippen molar-refractivity contribution in [3.05, 3.63) is 35.2 Å². The SMILES string of the molecule is COc1nc(C)nc(N(C(N)=O)S(=O)(=O)c2c(C)cccc2C(=O)O)n1. The standard InChI is InChI=1S/C14H15N5O6S/c1-7-5-4-6-9(11(20)21)10(7)26(23,24)19(12(15)22)13-16-8(2)17-14(18-13)25-3/h4-6H,1-3H3,(H2,15,22)(H,20,21). The zero-order valence-electron chi connectivity index (χ0n) is 14.0. The number of primary amides is 1. The fourth-order valence-corrected chi connectivity index (χ4v) is 3.83. The number of carbonyl (C=O) groups excluding carboxylic acids is 1.